The molecule has 2 rings (SSSR count). The van der Waals surface area contributed by atoms with Crippen molar-refractivity contribution in [1.82, 2.24) is 9.88 Å². The van der Waals surface area contributed by atoms with Gasteiger partial charge in [-0.2, -0.15) is 0 Å². The summed E-state index contributed by atoms with van der Waals surface area (Å²) < 4.78 is 0.922. The number of thiazole rings is 1. The third-order valence-corrected chi connectivity index (χ3v) is 4.27. The van der Waals surface area contributed by atoms with Crippen molar-refractivity contribution in [3.8, 4) is 0 Å². The standard InChI is InChI=1S/C9H14BrN3S/c10-8-7(14-9(11)12-8)6-13-4-2-1-3-5-13/h1-6H2,(H2,11,12). The Morgan fingerprint density at radius 3 is 2.64 bits per heavy atom. The first-order chi connectivity index (χ1) is 6.75. The van der Waals surface area contributed by atoms with E-state index in [0.29, 0.717) is 5.13 Å². The average molecular weight is 276 g/mol. The summed E-state index contributed by atoms with van der Waals surface area (Å²) in [6.45, 7) is 3.42. The van der Waals surface area contributed by atoms with Crippen molar-refractivity contribution in [2.45, 2.75) is 25.8 Å². The molecule has 0 radical (unpaired) electrons. The van der Waals surface area contributed by atoms with Gasteiger partial charge in [0.05, 0.1) is 4.88 Å². The van der Waals surface area contributed by atoms with Crippen LogP contribution in [0.2, 0.25) is 0 Å². The lowest BCUT2D eigenvalue weighted by atomic mass is 10.1. The molecule has 5 heteroatoms. The number of likely N-dealkylation sites (tertiary alicyclic amines) is 1. The maximum absolute atomic E-state index is 5.64. The highest BCUT2D eigenvalue weighted by atomic mass is 79.9. The van der Waals surface area contributed by atoms with Crippen LogP contribution in [0.5, 0.6) is 0 Å². The van der Waals surface area contributed by atoms with E-state index < -0.39 is 0 Å². The molecular weight excluding hydrogens is 262 g/mol. The summed E-state index contributed by atoms with van der Waals surface area (Å²) in [5.74, 6) is 0. The van der Waals surface area contributed by atoms with Crippen molar-refractivity contribution >= 4 is 32.4 Å². The molecule has 3 nitrogen and oxygen atoms in total. The second-order valence-corrected chi connectivity index (χ2v) is 5.47. The third-order valence-electron chi connectivity index (χ3n) is 2.48. The number of halogens is 1. The fraction of sp³-hybridized carbons (Fsp3) is 0.667. The Morgan fingerprint density at radius 1 is 1.36 bits per heavy atom. The fourth-order valence-electron chi connectivity index (χ4n) is 1.77. The highest BCUT2D eigenvalue weighted by molar-refractivity contribution is 9.10. The highest BCUT2D eigenvalue weighted by Gasteiger charge is 2.14. The van der Waals surface area contributed by atoms with E-state index in [4.69, 9.17) is 5.73 Å². The summed E-state index contributed by atoms with van der Waals surface area (Å²) in [5.41, 5.74) is 5.64. The molecule has 78 valence electrons. The molecule has 0 saturated carbocycles. The van der Waals surface area contributed by atoms with Gasteiger partial charge in [-0.05, 0) is 41.9 Å². The number of nitrogens with two attached hydrogens (primary N) is 1. The molecular formula is C9H14BrN3S. The third kappa shape index (κ3) is 2.46. The average Bonchev–Trinajstić information content (AvgIpc) is 2.47. The van der Waals surface area contributed by atoms with Crippen LogP contribution in [-0.4, -0.2) is 23.0 Å². The Labute approximate surface area is 96.4 Å². The number of nitrogens with zero attached hydrogens (tertiary/aromatic N) is 2. The van der Waals surface area contributed by atoms with E-state index in [0.717, 1.165) is 11.1 Å². The zero-order chi connectivity index (χ0) is 9.97. The summed E-state index contributed by atoms with van der Waals surface area (Å²) in [6, 6.07) is 0. The molecule has 2 heterocycles. The largest absolute Gasteiger partial charge is 0.375 e. The van der Waals surface area contributed by atoms with Gasteiger partial charge in [-0.25, -0.2) is 4.98 Å². The van der Waals surface area contributed by atoms with Gasteiger partial charge in [-0.15, -0.1) is 0 Å². The lowest BCUT2D eigenvalue weighted by molar-refractivity contribution is 0.222. The van der Waals surface area contributed by atoms with Gasteiger partial charge < -0.3 is 5.73 Å². The number of anilines is 1. The number of rotatable bonds is 2. The van der Waals surface area contributed by atoms with Gasteiger partial charge >= 0.3 is 0 Å². The first-order valence-corrected chi connectivity index (χ1v) is 6.49. The molecule has 1 aromatic heterocycles. The molecule has 1 aromatic rings. The molecule has 0 atom stereocenters. The van der Waals surface area contributed by atoms with Crippen LogP contribution in [0.3, 0.4) is 0 Å². The first-order valence-electron chi connectivity index (χ1n) is 4.89. The van der Waals surface area contributed by atoms with Crippen LogP contribution < -0.4 is 5.73 Å². The number of aromatic nitrogens is 1. The Kier molecular flexibility index (Phi) is 3.41. The van der Waals surface area contributed by atoms with Crippen molar-refractivity contribution in [3.05, 3.63) is 9.48 Å². The molecule has 1 saturated heterocycles. The fourth-order valence-corrected chi connectivity index (χ4v) is 3.21. The quantitative estimate of drug-likeness (QED) is 0.902. The van der Waals surface area contributed by atoms with Crippen molar-refractivity contribution in [3.63, 3.8) is 0 Å². The number of hydrogen-bond donors (Lipinski definition) is 1. The van der Waals surface area contributed by atoms with Crippen LogP contribution in [0.25, 0.3) is 0 Å². The van der Waals surface area contributed by atoms with Crippen molar-refractivity contribution in [1.29, 1.82) is 0 Å². The minimum Gasteiger partial charge on any atom is -0.375 e. The van der Waals surface area contributed by atoms with E-state index in [1.807, 2.05) is 0 Å². The molecule has 0 unspecified atom stereocenters. The number of hydrogen-bond acceptors (Lipinski definition) is 4. The molecule has 14 heavy (non-hydrogen) atoms. The SMILES string of the molecule is Nc1nc(Br)c(CN2CCCCC2)s1. The van der Waals surface area contributed by atoms with Crippen LogP contribution in [0, 0.1) is 0 Å². The van der Waals surface area contributed by atoms with Crippen LogP contribution in [-0.2, 0) is 6.54 Å². The van der Waals surface area contributed by atoms with Crippen LogP contribution in [0.4, 0.5) is 5.13 Å². The molecule has 1 aliphatic rings. The zero-order valence-electron chi connectivity index (χ0n) is 8.00. The maximum Gasteiger partial charge on any atom is 0.181 e. The predicted octanol–water partition coefficient (Wildman–Crippen LogP) is 2.47. The lowest BCUT2D eigenvalue weighted by Crippen LogP contribution is -2.28. The zero-order valence-corrected chi connectivity index (χ0v) is 10.4. The Bertz CT molecular complexity index is 307. The van der Waals surface area contributed by atoms with E-state index in [1.54, 1.807) is 11.3 Å². The molecule has 0 bridgehead atoms. The number of piperidine rings is 1. The van der Waals surface area contributed by atoms with Crippen LogP contribution >= 0.6 is 27.3 Å². The Hall–Kier alpha value is -0.130. The molecule has 0 spiro atoms. The summed E-state index contributed by atoms with van der Waals surface area (Å²) in [6.07, 6.45) is 4.03. The van der Waals surface area contributed by atoms with E-state index in [-0.39, 0.29) is 0 Å². The van der Waals surface area contributed by atoms with Gasteiger partial charge in [0.15, 0.2) is 5.13 Å². The molecule has 1 fully saturated rings. The summed E-state index contributed by atoms with van der Waals surface area (Å²) in [5, 5.41) is 0.656. The smallest absolute Gasteiger partial charge is 0.181 e. The monoisotopic (exact) mass is 275 g/mol. The van der Waals surface area contributed by atoms with Crippen LogP contribution in [0.1, 0.15) is 24.1 Å². The summed E-state index contributed by atoms with van der Waals surface area (Å²) >= 11 is 5.02. The minimum atomic E-state index is 0.656. The predicted molar refractivity (Wildman–Crippen MR) is 63.4 cm³/mol. The first kappa shape index (κ1) is 10.4. The molecule has 0 aromatic carbocycles. The molecule has 2 N–H and O–H groups in total. The Balaban J connectivity index is 1.98. The highest BCUT2D eigenvalue weighted by Crippen LogP contribution is 2.27. The van der Waals surface area contributed by atoms with Crippen molar-refractivity contribution in [2.24, 2.45) is 0 Å². The second-order valence-electron chi connectivity index (χ2n) is 3.60. The van der Waals surface area contributed by atoms with E-state index in [9.17, 15) is 0 Å². The van der Waals surface area contributed by atoms with E-state index >= 15 is 0 Å². The summed E-state index contributed by atoms with van der Waals surface area (Å²) in [7, 11) is 0. The maximum atomic E-state index is 5.64. The van der Waals surface area contributed by atoms with Gasteiger partial charge in [-0.1, -0.05) is 17.8 Å². The van der Waals surface area contributed by atoms with Gasteiger partial charge in [0.25, 0.3) is 0 Å². The molecule has 0 aliphatic carbocycles. The van der Waals surface area contributed by atoms with Crippen LogP contribution in [0.15, 0.2) is 4.60 Å². The van der Waals surface area contributed by atoms with E-state index in [2.05, 4.69) is 25.8 Å². The van der Waals surface area contributed by atoms with E-state index in [1.165, 1.54) is 37.2 Å². The van der Waals surface area contributed by atoms with Gasteiger partial charge in [0, 0.05) is 6.54 Å². The normalized spacial score (nSPS) is 18.6. The van der Waals surface area contributed by atoms with Gasteiger partial charge in [0.2, 0.25) is 0 Å². The second kappa shape index (κ2) is 4.59. The minimum absolute atomic E-state index is 0.656. The van der Waals surface area contributed by atoms with Crippen molar-refractivity contribution < 1.29 is 0 Å². The molecule has 0 amide bonds. The topological polar surface area (TPSA) is 42.1 Å². The number of nitrogen functional groups attached to an aromatic ring is 1. The lowest BCUT2D eigenvalue weighted by Gasteiger charge is -2.25. The Morgan fingerprint density at radius 2 is 2.07 bits per heavy atom. The van der Waals surface area contributed by atoms with Gasteiger partial charge in [-0.3, -0.25) is 4.90 Å². The summed E-state index contributed by atoms with van der Waals surface area (Å²) in [4.78, 5) is 7.89. The molecule has 1 aliphatic heterocycles. The van der Waals surface area contributed by atoms with Gasteiger partial charge in [0.1, 0.15) is 4.60 Å². The van der Waals surface area contributed by atoms with Crippen molar-refractivity contribution in [2.75, 3.05) is 18.8 Å².